The van der Waals surface area contributed by atoms with Gasteiger partial charge >= 0.3 is 5.97 Å². The van der Waals surface area contributed by atoms with E-state index >= 15 is 0 Å². The molecule has 2 bridgehead atoms. The third-order valence-corrected chi connectivity index (χ3v) is 14.1. The van der Waals surface area contributed by atoms with Gasteiger partial charge in [-0.05, 0) is 69.2 Å². The zero-order valence-electron chi connectivity index (χ0n) is 38.2. The Hall–Kier alpha value is -2.31. The number of esters is 1. The van der Waals surface area contributed by atoms with Gasteiger partial charge in [0.1, 0.15) is 42.0 Å². The number of fused-ring (bicyclic) bond motifs is 2. The molecule has 7 rings (SSSR count). The summed E-state index contributed by atoms with van der Waals surface area (Å²) in [6.07, 6.45) is 8.47. The molecule has 4 saturated heterocycles. The summed E-state index contributed by atoms with van der Waals surface area (Å²) in [5.74, 6) is -2.41. The van der Waals surface area contributed by atoms with Crippen LogP contribution in [-0.4, -0.2) is 139 Å². The monoisotopic (exact) mass is 872 g/mol. The molecule has 1 aliphatic carbocycles. The van der Waals surface area contributed by atoms with Crippen LogP contribution in [0.3, 0.4) is 0 Å². The van der Waals surface area contributed by atoms with E-state index in [0.717, 1.165) is 12.0 Å². The Morgan fingerprint density at radius 2 is 1.58 bits per heavy atom. The van der Waals surface area contributed by atoms with Crippen LogP contribution in [-0.2, 0) is 52.2 Å². The number of hydrogen-bond acceptors (Lipinski definition) is 14. The van der Waals surface area contributed by atoms with E-state index in [9.17, 15) is 20.1 Å². The lowest BCUT2D eigenvalue weighted by Gasteiger charge is -2.47. The van der Waals surface area contributed by atoms with Crippen LogP contribution in [0.5, 0.6) is 0 Å². The summed E-state index contributed by atoms with van der Waals surface area (Å²) in [6.45, 7) is 16.1. The van der Waals surface area contributed by atoms with Gasteiger partial charge in [-0.2, -0.15) is 0 Å². The molecule has 348 valence electrons. The molecule has 3 N–H and O–H groups in total. The lowest BCUT2D eigenvalue weighted by atomic mass is 9.71. The molecular weight excluding hydrogens is 801 g/mol. The zero-order chi connectivity index (χ0) is 44.7. The highest BCUT2D eigenvalue weighted by Crippen LogP contribution is 2.47. The minimum atomic E-state index is -1.83. The molecule has 7 aliphatic rings. The van der Waals surface area contributed by atoms with Gasteiger partial charge in [-0.3, -0.25) is 4.79 Å². The molecule has 6 heterocycles. The molecule has 1 spiro atoms. The quantitative estimate of drug-likeness (QED) is 0.210. The van der Waals surface area contributed by atoms with Crippen LogP contribution in [0.4, 0.5) is 0 Å². The average molecular weight is 873 g/mol. The molecule has 0 aromatic carbocycles. The van der Waals surface area contributed by atoms with Crippen LogP contribution in [0, 0.1) is 23.7 Å². The normalized spacial score (nSPS) is 46.5. The van der Waals surface area contributed by atoms with Gasteiger partial charge in [0.15, 0.2) is 18.4 Å². The first kappa shape index (κ1) is 47.6. The van der Waals surface area contributed by atoms with E-state index in [2.05, 4.69) is 39.8 Å². The number of carbonyl (C=O) groups is 1. The SMILES string of the molecule is COC1CC(OC2C(C)OC(OC3C(C)=CCC4CC(CC5(C=CC(C)C(CC(C)C)O5)O4)OC(=O)C4C=C(C)C(O)C5OCC(=CC=CC3C)C45O)CC2OC)OC(C)C1O. The highest BCUT2D eigenvalue weighted by Gasteiger charge is 2.60. The summed E-state index contributed by atoms with van der Waals surface area (Å²) in [5.41, 5.74) is 0.135. The highest BCUT2D eigenvalue weighted by atomic mass is 16.7. The molecule has 0 aromatic heterocycles. The lowest BCUT2D eigenvalue weighted by molar-refractivity contribution is -0.318. The van der Waals surface area contributed by atoms with Crippen LogP contribution < -0.4 is 0 Å². The predicted octanol–water partition coefficient (Wildman–Crippen LogP) is 5.38. The third-order valence-electron chi connectivity index (χ3n) is 14.1. The summed E-state index contributed by atoms with van der Waals surface area (Å²) >= 11 is 0. The summed E-state index contributed by atoms with van der Waals surface area (Å²) in [7, 11) is 3.22. The first-order chi connectivity index (χ1) is 29.4. The van der Waals surface area contributed by atoms with Gasteiger partial charge in [0, 0.05) is 51.7 Å². The van der Waals surface area contributed by atoms with Crippen LogP contribution in [0.15, 0.2) is 59.3 Å². The van der Waals surface area contributed by atoms with Crippen molar-refractivity contribution >= 4 is 5.97 Å². The van der Waals surface area contributed by atoms with Crippen molar-refractivity contribution in [3.63, 3.8) is 0 Å². The first-order valence-corrected chi connectivity index (χ1v) is 22.8. The van der Waals surface area contributed by atoms with Gasteiger partial charge in [-0.25, -0.2) is 0 Å². The maximum Gasteiger partial charge on any atom is 0.316 e. The fourth-order valence-corrected chi connectivity index (χ4v) is 10.5. The number of allylic oxidation sites excluding steroid dienone is 2. The van der Waals surface area contributed by atoms with Crippen molar-refractivity contribution in [1.29, 1.82) is 0 Å². The summed E-state index contributed by atoms with van der Waals surface area (Å²) in [5, 5.41) is 34.2. The number of ether oxygens (including phenoxy) is 10. The smallest absolute Gasteiger partial charge is 0.316 e. The van der Waals surface area contributed by atoms with E-state index in [1.54, 1.807) is 40.2 Å². The van der Waals surface area contributed by atoms with Crippen molar-refractivity contribution in [3.05, 3.63) is 59.3 Å². The van der Waals surface area contributed by atoms with Gasteiger partial charge in [-0.15, -0.1) is 0 Å². The summed E-state index contributed by atoms with van der Waals surface area (Å²) < 4.78 is 63.6. The molecule has 14 nitrogen and oxygen atoms in total. The molecule has 0 saturated carbocycles. The number of aliphatic hydroxyl groups excluding tert-OH is 2. The number of methoxy groups -OCH3 is 2. The zero-order valence-corrected chi connectivity index (χ0v) is 38.2. The van der Waals surface area contributed by atoms with Crippen molar-refractivity contribution in [3.8, 4) is 0 Å². The first-order valence-electron chi connectivity index (χ1n) is 22.8. The maximum absolute atomic E-state index is 14.3. The molecule has 19 atom stereocenters. The molecule has 4 fully saturated rings. The van der Waals surface area contributed by atoms with Crippen molar-refractivity contribution in [1.82, 2.24) is 0 Å². The van der Waals surface area contributed by atoms with Crippen LogP contribution in [0.1, 0.15) is 93.9 Å². The van der Waals surface area contributed by atoms with E-state index < -0.39 is 90.8 Å². The minimum Gasteiger partial charge on any atom is -0.462 e. The highest BCUT2D eigenvalue weighted by molar-refractivity contribution is 5.78. The van der Waals surface area contributed by atoms with Crippen molar-refractivity contribution < 1.29 is 67.5 Å². The number of rotatable bonds is 8. The van der Waals surface area contributed by atoms with Crippen LogP contribution in [0.25, 0.3) is 0 Å². The van der Waals surface area contributed by atoms with Crippen molar-refractivity contribution in [2.45, 2.75) is 191 Å². The van der Waals surface area contributed by atoms with E-state index in [-0.39, 0.29) is 36.8 Å². The van der Waals surface area contributed by atoms with Crippen LogP contribution >= 0.6 is 0 Å². The Morgan fingerprint density at radius 1 is 0.871 bits per heavy atom. The molecule has 6 aliphatic heterocycles. The Balaban J connectivity index is 1.18. The van der Waals surface area contributed by atoms with E-state index in [1.807, 2.05) is 32.1 Å². The number of hydrogen-bond donors (Lipinski definition) is 3. The number of aliphatic hydroxyl groups is 3. The van der Waals surface area contributed by atoms with E-state index in [0.29, 0.717) is 49.2 Å². The predicted molar refractivity (Wildman–Crippen MR) is 227 cm³/mol. The van der Waals surface area contributed by atoms with E-state index in [4.69, 9.17) is 47.4 Å². The standard InChI is InChI=1S/C48H72O14/c1-25(2)18-36-26(3)16-17-47(62-36)23-34-20-33(61-47)15-14-28(5)43(27(4)12-11-13-32-24-55-45-41(49)29(6)19-35(46(51)58-34)48(32,45)52)59-40-22-38(54-10)44(31(8)57-40)60-39-21-37(53-9)42(50)30(7)56-39/h11-14,16-17,19,25-27,30-31,33-45,49-50,52H,15,18,20-24H2,1-10H3. The summed E-state index contributed by atoms with van der Waals surface area (Å²) in [6, 6.07) is 0. The Morgan fingerprint density at radius 3 is 2.31 bits per heavy atom. The Bertz CT molecular complexity index is 1720. The largest absolute Gasteiger partial charge is 0.462 e. The van der Waals surface area contributed by atoms with Crippen molar-refractivity contribution in [2.24, 2.45) is 23.7 Å². The second-order valence-electron chi connectivity index (χ2n) is 19.3. The third kappa shape index (κ3) is 9.92. The second-order valence-corrected chi connectivity index (χ2v) is 19.3. The average Bonchev–Trinajstić information content (AvgIpc) is 3.56. The molecule has 14 heteroatoms. The van der Waals surface area contributed by atoms with Crippen molar-refractivity contribution in [2.75, 3.05) is 20.8 Å². The minimum absolute atomic E-state index is 0.0319. The maximum atomic E-state index is 14.3. The van der Waals surface area contributed by atoms with Gasteiger partial charge < -0.3 is 62.7 Å². The Labute approximate surface area is 367 Å². The molecule has 0 amide bonds. The molecule has 19 unspecified atom stereocenters. The van der Waals surface area contributed by atoms with Gasteiger partial charge in [0.05, 0.1) is 49.3 Å². The fraction of sp³-hybridized carbons (Fsp3) is 0.771. The van der Waals surface area contributed by atoms with Gasteiger partial charge in [0.2, 0.25) is 0 Å². The topological polar surface area (TPSA) is 170 Å². The lowest BCUT2D eigenvalue weighted by Crippen LogP contribution is -2.58. The molecular formula is C48H72O14. The Kier molecular flexibility index (Phi) is 15.1. The molecule has 0 radical (unpaired) electrons. The van der Waals surface area contributed by atoms with Gasteiger partial charge in [0.25, 0.3) is 0 Å². The molecule has 0 aromatic rings. The van der Waals surface area contributed by atoms with Gasteiger partial charge in [-0.1, -0.05) is 64.2 Å². The number of carbonyl (C=O) groups excluding carboxylic acids is 1. The second kappa shape index (κ2) is 19.7. The summed E-state index contributed by atoms with van der Waals surface area (Å²) in [4.78, 5) is 14.3. The van der Waals surface area contributed by atoms with Crippen LogP contribution in [0.2, 0.25) is 0 Å². The molecule has 62 heavy (non-hydrogen) atoms. The fourth-order valence-electron chi connectivity index (χ4n) is 10.5. The van der Waals surface area contributed by atoms with E-state index in [1.165, 1.54) is 0 Å².